The van der Waals surface area contributed by atoms with E-state index in [1.165, 1.54) is 23.4 Å². The molecule has 0 N–H and O–H groups in total. The van der Waals surface area contributed by atoms with Crippen LogP contribution in [0, 0.1) is 0 Å². The first-order chi connectivity index (χ1) is 9.83. The normalized spacial score (nSPS) is 14.2. The van der Waals surface area contributed by atoms with Crippen molar-refractivity contribution < 1.29 is 4.79 Å². The largest absolute Gasteiger partial charge is 0.296 e. The number of hydrogen-bond donors (Lipinski definition) is 0. The number of thiazole rings is 1. The first-order valence-electron chi connectivity index (χ1n) is 7.22. The van der Waals surface area contributed by atoms with Crippen molar-refractivity contribution in [2.24, 2.45) is 0 Å². The molecule has 106 valence electrons. The van der Waals surface area contributed by atoms with Crippen LogP contribution in [-0.2, 0) is 19.3 Å². The first-order valence-corrected chi connectivity index (χ1v) is 8.03. The highest BCUT2D eigenvalue weighted by molar-refractivity contribution is 7.14. The summed E-state index contributed by atoms with van der Waals surface area (Å²) in [4.78, 5) is 17.2. The minimum Gasteiger partial charge on any atom is -0.296 e. The average molecular weight is 290 g/mol. The Bertz CT molecular complexity index is 593. The Balaban J connectivity index is 1.98. The molecule has 0 aliphatic heterocycles. The Kier molecular flexibility index (Phi) is 3.91. The summed E-state index contributed by atoms with van der Waals surface area (Å²) in [6, 6.07) is 0. The van der Waals surface area contributed by atoms with Gasteiger partial charge in [0, 0.05) is 4.88 Å². The number of carbonyl (C=O) groups excluding carboxylic acids is 1. The number of nitrogens with zero attached hydrogens (tertiary/aromatic N) is 4. The molecular formula is C14H18N4OS. The van der Waals surface area contributed by atoms with E-state index in [1.54, 1.807) is 16.0 Å². The van der Waals surface area contributed by atoms with Gasteiger partial charge < -0.3 is 0 Å². The Hall–Kier alpha value is -1.56. The summed E-state index contributed by atoms with van der Waals surface area (Å²) in [7, 11) is 0. The lowest BCUT2D eigenvalue weighted by Crippen LogP contribution is -2.04. The maximum absolute atomic E-state index is 11.1. The van der Waals surface area contributed by atoms with E-state index < -0.39 is 0 Å². The molecule has 2 aromatic rings. The van der Waals surface area contributed by atoms with Gasteiger partial charge in [-0.1, -0.05) is 29.9 Å². The van der Waals surface area contributed by atoms with E-state index in [2.05, 4.69) is 17.2 Å². The molecule has 3 rings (SSSR count). The summed E-state index contributed by atoms with van der Waals surface area (Å²) in [5.74, 6) is 0. The van der Waals surface area contributed by atoms with Crippen LogP contribution in [0.3, 0.4) is 0 Å². The van der Waals surface area contributed by atoms with Gasteiger partial charge in [0.05, 0.1) is 11.4 Å². The molecule has 0 spiro atoms. The van der Waals surface area contributed by atoms with Crippen LogP contribution < -0.4 is 0 Å². The molecule has 6 heteroatoms. The third kappa shape index (κ3) is 2.40. The second-order valence-electron chi connectivity index (χ2n) is 5.13. The number of fused-ring (bicyclic) bond motifs is 1. The highest BCUT2D eigenvalue weighted by atomic mass is 32.1. The third-order valence-electron chi connectivity index (χ3n) is 3.69. The molecule has 0 radical (unpaired) electrons. The van der Waals surface area contributed by atoms with Crippen LogP contribution >= 0.6 is 11.3 Å². The van der Waals surface area contributed by atoms with E-state index in [0.29, 0.717) is 5.69 Å². The van der Waals surface area contributed by atoms with Crippen molar-refractivity contribution in [3.8, 4) is 5.13 Å². The van der Waals surface area contributed by atoms with E-state index in [0.717, 1.165) is 49.2 Å². The van der Waals surface area contributed by atoms with E-state index >= 15 is 0 Å². The quantitative estimate of drug-likeness (QED) is 0.794. The summed E-state index contributed by atoms with van der Waals surface area (Å²) < 4.78 is 1.77. The molecule has 20 heavy (non-hydrogen) atoms. The Morgan fingerprint density at radius 3 is 2.95 bits per heavy atom. The number of aromatic nitrogens is 4. The van der Waals surface area contributed by atoms with E-state index in [9.17, 15) is 4.79 Å². The van der Waals surface area contributed by atoms with Gasteiger partial charge in [0.15, 0.2) is 6.29 Å². The van der Waals surface area contributed by atoms with Crippen LogP contribution in [0.1, 0.15) is 59.4 Å². The molecule has 2 aromatic heterocycles. The van der Waals surface area contributed by atoms with Crippen molar-refractivity contribution in [3.63, 3.8) is 0 Å². The van der Waals surface area contributed by atoms with Crippen molar-refractivity contribution in [2.45, 2.75) is 51.9 Å². The smallest absolute Gasteiger partial charge is 0.212 e. The zero-order chi connectivity index (χ0) is 13.9. The zero-order valence-corrected chi connectivity index (χ0v) is 12.4. The molecule has 0 atom stereocenters. The molecule has 5 nitrogen and oxygen atoms in total. The van der Waals surface area contributed by atoms with Crippen LogP contribution in [0.5, 0.6) is 0 Å². The maximum atomic E-state index is 11.1. The van der Waals surface area contributed by atoms with Crippen LogP contribution in [0.25, 0.3) is 5.13 Å². The monoisotopic (exact) mass is 290 g/mol. The van der Waals surface area contributed by atoms with Crippen molar-refractivity contribution in [1.29, 1.82) is 0 Å². The van der Waals surface area contributed by atoms with E-state index in [-0.39, 0.29) is 0 Å². The van der Waals surface area contributed by atoms with Crippen LogP contribution in [0.15, 0.2) is 0 Å². The minimum absolute atomic E-state index is 0.451. The molecule has 0 saturated heterocycles. The SMILES string of the molecule is CCCCc1c(C=O)nnn1-c1nc2c(s1)CCCC2. The molecule has 1 aliphatic rings. The summed E-state index contributed by atoms with van der Waals surface area (Å²) in [5, 5.41) is 8.98. The van der Waals surface area contributed by atoms with E-state index in [1.807, 2.05) is 0 Å². The number of rotatable bonds is 5. The number of hydrogen-bond acceptors (Lipinski definition) is 5. The van der Waals surface area contributed by atoms with Gasteiger partial charge in [-0.2, -0.15) is 4.68 Å². The molecule has 0 amide bonds. The second-order valence-corrected chi connectivity index (χ2v) is 6.19. The van der Waals surface area contributed by atoms with Crippen molar-refractivity contribution in [1.82, 2.24) is 20.0 Å². The molecular weight excluding hydrogens is 272 g/mol. The number of aldehydes is 1. The summed E-state index contributed by atoms with van der Waals surface area (Å²) in [6.45, 7) is 2.14. The topological polar surface area (TPSA) is 60.7 Å². The number of aryl methyl sites for hydroxylation is 2. The van der Waals surface area contributed by atoms with Gasteiger partial charge in [-0.15, -0.1) is 5.10 Å². The lowest BCUT2D eigenvalue weighted by molar-refractivity contribution is 0.111. The zero-order valence-electron chi connectivity index (χ0n) is 11.6. The van der Waals surface area contributed by atoms with Gasteiger partial charge in [-0.25, -0.2) is 4.98 Å². The van der Waals surface area contributed by atoms with Gasteiger partial charge in [0.2, 0.25) is 5.13 Å². The minimum atomic E-state index is 0.451. The molecule has 0 unspecified atom stereocenters. The van der Waals surface area contributed by atoms with Gasteiger partial charge >= 0.3 is 0 Å². The molecule has 2 heterocycles. The van der Waals surface area contributed by atoms with Crippen LogP contribution in [0.4, 0.5) is 0 Å². The fraction of sp³-hybridized carbons (Fsp3) is 0.571. The Morgan fingerprint density at radius 1 is 1.35 bits per heavy atom. The summed E-state index contributed by atoms with van der Waals surface area (Å²) in [5.41, 5.74) is 2.56. The third-order valence-corrected chi connectivity index (χ3v) is 4.82. The Morgan fingerprint density at radius 2 is 2.20 bits per heavy atom. The number of carbonyl (C=O) groups is 1. The van der Waals surface area contributed by atoms with Crippen molar-refractivity contribution >= 4 is 17.6 Å². The van der Waals surface area contributed by atoms with Gasteiger partial charge in [0.25, 0.3) is 0 Å². The average Bonchev–Trinajstić information content (AvgIpc) is 3.07. The standard InChI is InChI=1S/C14H18N4OS/c1-2-3-7-12-11(9-19)16-17-18(12)14-15-10-6-4-5-8-13(10)20-14/h9H,2-8H2,1H3. The predicted molar refractivity (Wildman–Crippen MR) is 77.7 cm³/mol. The van der Waals surface area contributed by atoms with Crippen molar-refractivity contribution in [3.05, 3.63) is 22.0 Å². The molecule has 0 aromatic carbocycles. The van der Waals surface area contributed by atoms with Crippen LogP contribution in [0.2, 0.25) is 0 Å². The first kappa shape index (κ1) is 13.4. The fourth-order valence-corrected chi connectivity index (χ4v) is 3.69. The second kappa shape index (κ2) is 5.83. The molecule has 0 bridgehead atoms. The lowest BCUT2D eigenvalue weighted by Gasteiger charge is -2.06. The highest BCUT2D eigenvalue weighted by Crippen LogP contribution is 2.29. The summed E-state index contributed by atoms with van der Waals surface area (Å²) in [6.07, 6.45) is 8.36. The maximum Gasteiger partial charge on any atom is 0.212 e. The summed E-state index contributed by atoms with van der Waals surface area (Å²) >= 11 is 1.69. The fourth-order valence-electron chi connectivity index (χ4n) is 2.57. The Labute approximate surface area is 122 Å². The highest BCUT2D eigenvalue weighted by Gasteiger charge is 2.20. The predicted octanol–water partition coefficient (Wildman–Crippen LogP) is 2.76. The number of unbranched alkanes of at least 4 members (excludes halogenated alkanes) is 1. The molecule has 0 saturated carbocycles. The van der Waals surface area contributed by atoms with Gasteiger partial charge in [-0.05, 0) is 38.5 Å². The molecule has 0 fully saturated rings. The molecule has 1 aliphatic carbocycles. The van der Waals surface area contributed by atoms with Crippen LogP contribution in [-0.4, -0.2) is 26.3 Å². The van der Waals surface area contributed by atoms with Gasteiger partial charge in [0.1, 0.15) is 5.69 Å². The van der Waals surface area contributed by atoms with Gasteiger partial charge in [-0.3, -0.25) is 4.79 Å². The van der Waals surface area contributed by atoms with E-state index in [4.69, 9.17) is 4.98 Å². The lowest BCUT2D eigenvalue weighted by atomic mass is 10.0. The van der Waals surface area contributed by atoms with Crippen molar-refractivity contribution in [2.75, 3.05) is 0 Å².